The second-order valence-corrected chi connectivity index (χ2v) is 9.01. The van der Waals surface area contributed by atoms with Crippen LogP contribution in [0.3, 0.4) is 0 Å². The Kier molecular flexibility index (Phi) is 6.06. The number of pyridine rings is 2. The minimum absolute atomic E-state index is 0.168. The summed E-state index contributed by atoms with van der Waals surface area (Å²) in [7, 11) is 1.72. The maximum absolute atomic E-state index is 13.3. The second-order valence-electron chi connectivity index (χ2n) is 8.63. The molecule has 2 aromatic heterocycles. The number of carboxylic acid groups (broad SMARTS) is 1. The molecule has 0 radical (unpaired) electrons. The highest BCUT2D eigenvalue weighted by Crippen LogP contribution is 2.39. The number of nitrogens with zero attached hydrogens (tertiary/aromatic N) is 4. The van der Waals surface area contributed by atoms with Crippen molar-refractivity contribution in [3.8, 4) is 5.75 Å². The van der Waals surface area contributed by atoms with E-state index in [9.17, 15) is 14.7 Å². The summed E-state index contributed by atoms with van der Waals surface area (Å²) in [4.78, 5) is 37.4. The van der Waals surface area contributed by atoms with E-state index in [2.05, 4.69) is 9.97 Å². The molecule has 0 saturated carbocycles. The number of carbonyl (C=O) groups is 2. The van der Waals surface area contributed by atoms with Crippen LogP contribution in [0.5, 0.6) is 5.75 Å². The Labute approximate surface area is 208 Å². The van der Waals surface area contributed by atoms with E-state index in [4.69, 9.17) is 16.3 Å². The van der Waals surface area contributed by atoms with Crippen molar-refractivity contribution < 1.29 is 19.4 Å². The molecule has 3 aromatic rings. The van der Waals surface area contributed by atoms with E-state index in [0.717, 1.165) is 41.7 Å². The zero-order chi connectivity index (χ0) is 24.7. The van der Waals surface area contributed by atoms with Crippen LogP contribution in [0.4, 0.5) is 17.3 Å². The van der Waals surface area contributed by atoms with Crippen molar-refractivity contribution in [2.24, 2.45) is 0 Å². The molecular weight excluding hydrogens is 468 g/mol. The molecule has 1 aromatic carbocycles. The Balaban J connectivity index is 1.39. The number of aromatic carboxylic acids is 1. The highest BCUT2D eigenvalue weighted by atomic mass is 35.5. The summed E-state index contributed by atoms with van der Waals surface area (Å²) in [6, 6.07) is 8.69. The lowest BCUT2D eigenvalue weighted by Gasteiger charge is -2.23. The lowest BCUT2D eigenvalue weighted by Crippen LogP contribution is -2.25. The van der Waals surface area contributed by atoms with Gasteiger partial charge in [-0.15, -0.1) is 0 Å². The van der Waals surface area contributed by atoms with E-state index in [1.54, 1.807) is 42.4 Å². The van der Waals surface area contributed by atoms with E-state index in [0.29, 0.717) is 53.2 Å². The number of aromatic nitrogens is 2. The first kappa shape index (κ1) is 23.1. The molecule has 35 heavy (non-hydrogen) atoms. The molecule has 1 N–H and O–H groups in total. The topological polar surface area (TPSA) is 95.9 Å². The average molecular weight is 493 g/mol. The van der Waals surface area contributed by atoms with Crippen molar-refractivity contribution >= 4 is 40.8 Å². The number of anilines is 3. The zero-order valence-electron chi connectivity index (χ0n) is 19.5. The van der Waals surface area contributed by atoms with E-state index in [1.165, 1.54) is 0 Å². The molecule has 0 spiro atoms. The molecule has 0 fully saturated rings. The maximum Gasteiger partial charge on any atom is 0.335 e. The van der Waals surface area contributed by atoms with E-state index >= 15 is 0 Å². The molecule has 2 aliphatic rings. The van der Waals surface area contributed by atoms with Crippen LogP contribution in [-0.4, -0.2) is 47.2 Å². The Morgan fingerprint density at radius 2 is 1.97 bits per heavy atom. The van der Waals surface area contributed by atoms with Crippen LogP contribution >= 0.6 is 11.6 Å². The summed E-state index contributed by atoms with van der Waals surface area (Å²) < 4.78 is 6.06. The van der Waals surface area contributed by atoms with E-state index in [1.807, 2.05) is 17.9 Å². The van der Waals surface area contributed by atoms with Gasteiger partial charge in [-0.05, 0) is 73.2 Å². The van der Waals surface area contributed by atoms with Crippen LogP contribution in [0, 0.1) is 0 Å². The summed E-state index contributed by atoms with van der Waals surface area (Å²) in [6.07, 6.45) is 4.81. The molecule has 9 heteroatoms. The smallest absolute Gasteiger partial charge is 0.335 e. The lowest BCUT2D eigenvalue weighted by molar-refractivity contribution is 0.0695. The fourth-order valence-corrected chi connectivity index (χ4v) is 5.01. The molecule has 0 atom stereocenters. The first-order valence-electron chi connectivity index (χ1n) is 11.6. The van der Waals surface area contributed by atoms with Crippen LogP contribution in [0.1, 0.15) is 50.8 Å². The maximum atomic E-state index is 13.3. The third-order valence-corrected chi connectivity index (χ3v) is 6.80. The van der Waals surface area contributed by atoms with Crippen molar-refractivity contribution in [1.82, 2.24) is 9.97 Å². The molecule has 180 valence electrons. The molecule has 1 aliphatic heterocycles. The Morgan fingerprint density at radius 3 is 2.74 bits per heavy atom. The van der Waals surface area contributed by atoms with Gasteiger partial charge in [-0.3, -0.25) is 4.79 Å². The zero-order valence-corrected chi connectivity index (χ0v) is 20.3. The predicted molar refractivity (Wildman–Crippen MR) is 134 cm³/mol. The normalized spacial score (nSPS) is 14.3. The molecule has 0 bridgehead atoms. The number of carbonyl (C=O) groups excluding carboxylic acids is 1. The molecule has 1 amide bonds. The van der Waals surface area contributed by atoms with Gasteiger partial charge in [0.2, 0.25) is 0 Å². The first-order valence-corrected chi connectivity index (χ1v) is 12.0. The second kappa shape index (κ2) is 9.19. The number of halogens is 1. The highest BCUT2D eigenvalue weighted by molar-refractivity contribution is 6.29. The number of hydrogen-bond acceptors (Lipinski definition) is 6. The Hall–Kier alpha value is -3.65. The molecule has 8 nitrogen and oxygen atoms in total. The number of ether oxygens (including phenoxy) is 1. The minimum atomic E-state index is -0.902. The van der Waals surface area contributed by atoms with Crippen LogP contribution in [0.25, 0.3) is 0 Å². The number of rotatable bonds is 6. The van der Waals surface area contributed by atoms with E-state index < -0.39 is 5.97 Å². The lowest BCUT2D eigenvalue weighted by atomic mass is 10.0. The van der Waals surface area contributed by atoms with Gasteiger partial charge >= 0.3 is 5.97 Å². The predicted octanol–water partition coefficient (Wildman–Crippen LogP) is 4.69. The molecule has 0 saturated heterocycles. The summed E-state index contributed by atoms with van der Waals surface area (Å²) in [5.74, 6) is 0.804. The fraction of sp³-hybridized carbons (Fsp3) is 0.308. The van der Waals surface area contributed by atoms with Crippen LogP contribution in [-0.2, 0) is 19.3 Å². The van der Waals surface area contributed by atoms with Gasteiger partial charge < -0.3 is 19.6 Å². The Bertz CT molecular complexity index is 1340. The largest absolute Gasteiger partial charge is 0.493 e. The standard InChI is InChI=1S/C26H25ClN4O4/c1-3-31-23-19(25(32)30(2)20-8-10-22(27)29-24(20)31)13-15(14-28-23)11-12-35-21-9-7-18(26(33)34)16-5-4-6-17(16)21/h7-10,13-14H,3-6,11-12H2,1-2H3,(H,33,34). The van der Waals surface area contributed by atoms with Gasteiger partial charge in [0, 0.05) is 26.2 Å². The van der Waals surface area contributed by atoms with Crippen molar-refractivity contribution in [3.05, 3.63) is 69.5 Å². The third kappa shape index (κ3) is 4.08. The number of fused-ring (bicyclic) bond motifs is 3. The number of amides is 1. The third-order valence-electron chi connectivity index (χ3n) is 6.59. The quantitative estimate of drug-likeness (QED) is 0.499. The van der Waals surface area contributed by atoms with Gasteiger partial charge in [0.1, 0.15) is 16.7 Å². The Morgan fingerprint density at radius 1 is 1.17 bits per heavy atom. The monoisotopic (exact) mass is 492 g/mol. The van der Waals surface area contributed by atoms with Crippen molar-refractivity contribution in [1.29, 1.82) is 0 Å². The van der Waals surface area contributed by atoms with Crippen LogP contribution in [0.15, 0.2) is 36.5 Å². The molecule has 0 unspecified atom stereocenters. The average Bonchev–Trinajstić information content (AvgIpc) is 3.32. The van der Waals surface area contributed by atoms with Crippen molar-refractivity contribution in [2.75, 3.05) is 30.0 Å². The number of hydrogen-bond donors (Lipinski definition) is 1. The summed E-state index contributed by atoms with van der Waals surface area (Å²) >= 11 is 6.15. The van der Waals surface area contributed by atoms with Gasteiger partial charge in [0.15, 0.2) is 5.82 Å². The molecule has 3 heterocycles. The molecule has 1 aliphatic carbocycles. The number of carboxylic acids is 1. The summed E-state index contributed by atoms with van der Waals surface area (Å²) in [5, 5.41) is 9.79. The first-order chi connectivity index (χ1) is 16.9. The van der Waals surface area contributed by atoms with Crippen LogP contribution in [0.2, 0.25) is 5.15 Å². The van der Waals surface area contributed by atoms with Gasteiger partial charge in [-0.25, -0.2) is 14.8 Å². The van der Waals surface area contributed by atoms with Crippen molar-refractivity contribution in [3.63, 3.8) is 0 Å². The number of benzene rings is 1. The van der Waals surface area contributed by atoms with Crippen LogP contribution < -0.4 is 14.5 Å². The minimum Gasteiger partial charge on any atom is -0.493 e. The fourth-order valence-electron chi connectivity index (χ4n) is 4.87. The summed E-state index contributed by atoms with van der Waals surface area (Å²) in [5.41, 5.74) is 4.26. The molecular formula is C26H25ClN4O4. The van der Waals surface area contributed by atoms with E-state index in [-0.39, 0.29) is 5.91 Å². The van der Waals surface area contributed by atoms with Gasteiger partial charge in [0.05, 0.1) is 23.4 Å². The SMILES string of the molecule is CCN1c2ncc(CCOc3ccc(C(=O)O)c4c3CCC4)cc2C(=O)N(C)c2ccc(Cl)nc21. The highest BCUT2D eigenvalue weighted by Gasteiger charge is 2.31. The summed E-state index contributed by atoms with van der Waals surface area (Å²) in [6.45, 7) is 2.93. The molecule has 5 rings (SSSR count). The van der Waals surface area contributed by atoms with Gasteiger partial charge in [0.25, 0.3) is 5.91 Å². The van der Waals surface area contributed by atoms with Crippen molar-refractivity contribution in [2.45, 2.75) is 32.6 Å². The van der Waals surface area contributed by atoms with Gasteiger partial charge in [-0.1, -0.05) is 11.6 Å². The van der Waals surface area contributed by atoms with Gasteiger partial charge in [-0.2, -0.15) is 0 Å².